The highest BCUT2D eigenvalue weighted by molar-refractivity contribution is 14.0. The number of carbonyl (C=O) groups is 1. The third-order valence-electron chi connectivity index (χ3n) is 3.92. The Morgan fingerprint density at radius 2 is 1.79 bits per heavy atom. The molecule has 0 unspecified atom stereocenters. The summed E-state index contributed by atoms with van der Waals surface area (Å²) in [5, 5.41) is 2.80. The molecule has 5 nitrogen and oxygen atoms in total. The summed E-state index contributed by atoms with van der Waals surface area (Å²) in [5.74, 6) is 0.173. The Hall–Kier alpha value is -1.38. The molecule has 0 atom stereocenters. The lowest BCUT2D eigenvalue weighted by Crippen LogP contribution is -2.38. The van der Waals surface area contributed by atoms with Crippen molar-refractivity contribution < 1.29 is 9.18 Å². The highest BCUT2D eigenvalue weighted by Gasteiger charge is 2.10. The van der Waals surface area contributed by atoms with Crippen molar-refractivity contribution in [2.45, 2.75) is 32.1 Å². The first kappa shape index (κ1) is 20.7. The first-order valence-corrected chi connectivity index (χ1v) is 8.21. The van der Waals surface area contributed by atoms with Gasteiger partial charge >= 0.3 is 0 Å². The van der Waals surface area contributed by atoms with Crippen LogP contribution in [0.3, 0.4) is 0 Å². The molecule has 1 aliphatic rings. The second-order valence-corrected chi connectivity index (χ2v) is 5.79. The molecule has 134 valence electrons. The van der Waals surface area contributed by atoms with Crippen LogP contribution in [0.2, 0.25) is 0 Å². The maximum Gasteiger partial charge on any atom is 0.224 e. The average molecular weight is 448 g/mol. The number of halogens is 2. The van der Waals surface area contributed by atoms with Crippen molar-refractivity contribution in [1.29, 1.82) is 0 Å². The molecular formula is C17H26FIN4O. The van der Waals surface area contributed by atoms with Crippen LogP contribution in [0, 0.1) is 5.82 Å². The lowest BCUT2D eigenvalue weighted by Gasteiger charge is -2.21. The summed E-state index contributed by atoms with van der Waals surface area (Å²) in [5.41, 5.74) is 6.79. The first-order chi connectivity index (χ1) is 11.1. The third kappa shape index (κ3) is 7.46. The molecule has 0 radical (unpaired) electrons. The van der Waals surface area contributed by atoms with E-state index in [9.17, 15) is 9.18 Å². The Labute approximate surface area is 159 Å². The Bertz CT molecular complexity index is 528. The number of nitrogens with zero attached hydrogens (tertiary/aromatic N) is 2. The molecule has 0 saturated carbocycles. The second-order valence-electron chi connectivity index (χ2n) is 5.79. The van der Waals surface area contributed by atoms with Gasteiger partial charge in [-0.15, -0.1) is 24.0 Å². The van der Waals surface area contributed by atoms with Crippen LogP contribution in [-0.2, 0) is 11.2 Å². The van der Waals surface area contributed by atoms with Gasteiger partial charge < -0.3 is 16.0 Å². The standard InChI is InChI=1S/C17H25FN4O.HI/c18-15-7-5-14(6-8-15)13-16(23)20-9-10-21-17(19)22-11-3-1-2-4-12-22;/h5-8H,1-4,9-13H2,(H2,19,21)(H,20,23);1H. The maximum absolute atomic E-state index is 12.8. The monoisotopic (exact) mass is 448 g/mol. The zero-order chi connectivity index (χ0) is 16.5. The summed E-state index contributed by atoms with van der Waals surface area (Å²) in [7, 11) is 0. The van der Waals surface area contributed by atoms with Gasteiger partial charge in [0, 0.05) is 19.6 Å². The highest BCUT2D eigenvalue weighted by Crippen LogP contribution is 2.09. The normalized spacial score (nSPS) is 15.4. The number of nitrogens with two attached hydrogens (primary N) is 1. The Balaban J connectivity index is 0.00000288. The van der Waals surface area contributed by atoms with Crippen molar-refractivity contribution in [1.82, 2.24) is 10.2 Å². The number of hydrogen-bond acceptors (Lipinski definition) is 2. The molecule has 7 heteroatoms. The van der Waals surface area contributed by atoms with Crippen LogP contribution in [0.4, 0.5) is 4.39 Å². The van der Waals surface area contributed by atoms with Gasteiger partial charge in [-0.05, 0) is 30.5 Å². The van der Waals surface area contributed by atoms with E-state index in [-0.39, 0.29) is 42.1 Å². The fourth-order valence-corrected chi connectivity index (χ4v) is 2.62. The van der Waals surface area contributed by atoms with Gasteiger partial charge in [0.2, 0.25) is 5.91 Å². The molecule has 1 aromatic carbocycles. The summed E-state index contributed by atoms with van der Waals surface area (Å²) < 4.78 is 12.8. The quantitative estimate of drug-likeness (QED) is 0.314. The topological polar surface area (TPSA) is 70.7 Å². The van der Waals surface area contributed by atoms with Gasteiger partial charge in [-0.2, -0.15) is 0 Å². The van der Waals surface area contributed by atoms with Gasteiger partial charge in [-0.1, -0.05) is 25.0 Å². The van der Waals surface area contributed by atoms with Crippen LogP contribution >= 0.6 is 24.0 Å². The number of hydrogen-bond donors (Lipinski definition) is 2. The number of rotatable bonds is 5. The van der Waals surface area contributed by atoms with Crippen molar-refractivity contribution >= 4 is 35.8 Å². The van der Waals surface area contributed by atoms with Crippen molar-refractivity contribution in [2.75, 3.05) is 26.2 Å². The largest absolute Gasteiger partial charge is 0.370 e. The minimum absolute atomic E-state index is 0. The van der Waals surface area contributed by atoms with Crippen LogP contribution in [0.25, 0.3) is 0 Å². The highest BCUT2D eigenvalue weighted by atomic mass is 127. The van der Waals surface area contributed by atoms with E-state index in [2.05, 4.69) is 15.2 Å². The molecule has 2 rings (SSSR count). The fraction of sp³-hybridized carbons (Fsp3) is 0.529. The molecule has 1 saturated heterocycles. The predicted octanol–water partition coefficient (Wildman–Crippen LogP) is 2.29. The van der Waals surface area contributed by atoms with Crippen LogP contribution in [0.1, 0.15) is 31.2 Å². The van der Waals surface area contributed by atoms with Crippen molar-refractivity contribution in [3.05, 3.63) is 35.6 Å². The van der Waals surface area contributed by atoms with Gasteiger partial charge in [0.1, 0.15) is 5.82 Å². The van der Waals surface area contributed by atoms with E-state index < -0.39 is 0 Å². The summed E-state index contributed by atoms with van der Waals surface area (Å²) in [6.45, 7) is 2.85. The molecule has 1 heterocycles. The first-order valence-electron chi connectivity index (χ1n) is 8.21. The number of likely N-dealkylation sites (tertiary alicyclic amines) is 1. The van der Waals surface area contributed by atoms with Gasteiger partial charge in [-0.25, -0.2) is 4.39 Å². The minimum Gasteiger partial charge on any atom is -0.370 e. The number of amides is 1. The molecule has 1 amide bonds. The van der Waals surface area contributed by atoms with Crippen LogP contribution in [0.5, 0.6) is 0 Å². The zero-order valence-corrected chi connectivity index (χ0v) is 16.2. The number of guanidine groups is 1. The molecule has 1 aromatic rings. The summed E-state index contributed by atoms with van der Waals surface area (Å²) in [6, 6.07) is 5.94. The molecule has 1 fully saturated rings. The Morgan fingerprint density at radius 3 is 2.42 bits per heavy atom. The summed E-state index contributed by atoms with van der Waals surface area (Å²) >= 11 is 0. The second kappa shape index (κ2) is 11.2. The summed E-state index contributed by atoms with van der Waals surface area (Å²) in [4.78, 5) is 18.2. The third-order valence-corrected chi connectivity index (χ3v) is 3.92. The van der Waals surface area contributed by atoms with Gasteiger partial charge in [0.15, 0.2) is 5.96 Å². The molecular weight excluding hydrogens is 422 g/mol. The fourth-order valence-electron chi connectivity index (χ4n) is 2.62. The maximum atomic E-state index is 12.8. The Kier molecular flexibility index (Phi) is 9.66. The minimum atomic E-state index is -0.299. The molecule has 0 aromatic heterocycles. The van der Waals surface area contributed by atoms with Crippen LogP contribution in [0.15, 0.2) is 29.3 Å². The van der Waals surface area contributed by atoms with E-state index in [0.29, 0.717) is 19.0 Å². The number of aliphatic imine (C=N–C) groups is 1. The van der Waals surface area contributed by atoms with E-state index in [0.717, 1.165) is 31.5 Å². The van der Waals surface area contributed by atoms with E-state index >= 15 is 0 Å². The Morgan fingerprint density at radius 1 is 1.17 bits per heavy atom. The van der Waals surface area contributed by atoms with Crippen LogP contribution in [-0.4, -0.2) is 42.9 Å². The molecule has 24 heavy (non-hydrogen) atoms. The molecule has 1 aliphatic heterocycles. The molecule has 3 N–H and O–H groups in total. The predicted molar refractivity (Wildman–Crippen MR) is 105 cm³/mol. The molecule has 0 aliphatic carbocycles. The molecule has 0 spiro atoms. The lowest BCUT2D eigenvalue weighted by molar-refractivity contribution is -0.120. The van der Waals surface area contributed by atoms with Crippen molar-refractivity contribution in [2.24, 2.45) is 10.7 Å². The smallest absolute Gasteiger partial charge is 0.224 e. The van der Waals surface area contributed by atoms with E-state index in [1.807, 2.05) is 0 Å². The van der Waals surface area contributed by atoms with Gasteiger partial charge in [-0.3, -0.25) is 9.79 Å². The molecule has 0 bridgehead atoms. The van der Waals surface area contributed by atoms with Crippen LogP contribution < -0.4 is 11.1 Å². The van der Waals surface area contributed by atoms with Gasteiger partial charge in [0.25, 0.3) is 0 Å². The van der Waals surface area contributed by atoms with Crippen molar-refractivity contribution in [3.8, 4) is 0 Å². The van der Waals surface area contributed by atoms with Gasteiger partial charge in [0.05, 0.1) is 13.0 Å². The van der Waals surface area contributed by atoms with E-state index in [1.54, 1.807) is 12.1 Å². The number of benzene rings is 1. The lowest BCUT2D eigenvalue weighted by atomic mass is 10.1. The number of carbonyl (C=O) groups excluding carboxylic acids is 1. The van der Waals surface area contributed by atoms with Crippen molar-refractivity contribution in [3.63, 3.8) is 0 Å². The SMILES string of the molecule is I.NC(=NCCNC(=O)Cc1ccc(F)cc1)N1CCCCCC1. The van der Waals surface area contributed by atoms with E-state index in [1.165, 1.54) is 25.0 Å². The number of nitrogens with one attached hydrogen (secondary N) is 1. The summed E-state index contributed by atoms with van der Waals surface area (Å²) in [6.07, 6.45) is 5.06. The zero-order valence-electron chi connectivity index (χ0n) is 13.8. The average Bonchev–Trinajstić information content (AvgIpc) is 2.83. The van der Waals surface area contributed by atoms with E-state index in [4.69, 9.17) is 5.73 Å².